The van der Waals surface area contributed by atoms with Gasteiger partial charge in [0.25, 0.3) is 0 Å². The molecule has 1 nitrogen and oxygen atoms in total. The summed E-state index contributed by atoms with van der Waals surface area (Å²) in [5, 5.41) is 9.25. The normalized spacial score (nSPS) is 47.5. The Morgan fingerprint density at radius 2 is 1.92 bits per heavy atom. The first-order chi connectivity index (χ1) is 5.76. The highest BCUT2D eigenvalue weighted by molar-refractivity contribution is 4.94. The number of aliphatic hydroxyl groups excluding tert-OH is 1. The topological polar surface area (TPSA) is 20.2 Å². The SMILES string of the molecule is CC12CCCC(CO)C1CCC2. The van der Waals surface area contributed by atoms with Gasteiger partial charge in [0, 0.05) is 6.61 Å². The van der Waals surface area contributed by atoms with Crippen LogP contribution in [0.25, 0.3) is 0 Å². The molecule has 0 aliphatic heterocycles. The zero-order valence-corrected chi connectivity index (χ0v) is 8.05. The predicted octanol–water partition coefficient (Wildman–Crippen LogP) is 2.59. The Hall–Kier alpha value is -0.0400. The lowest BCUT2D eigenvalue weighted by Crippen LogP contribution is -2.34. The largest absolute Gasteiger partial charge is 0.396 e. The van der Waals surface area contributed by atoms with Crippen LogP contribution in [0.15, 0.2) is 0 Å². The van der Waals surface area contributed by atoms with Gasteiger partial charge in [-0.2, -0.15) is 0 Å². The van der Waals surface area contributed by atoms with E-state index < -0.39 is 0 Å². The molecule has 2 aliphatic carbocycles. The van der Waals surface area contributed by atoms with Crippen molar-refractivity contribution in [1.82, 2.24) is 0 Å². The van der Waals surface area contributed by atoms with Gasteiger partial charge >= 0.3 is 0 Å². The molecule has 70 valence electrons. The monoisotopic (exact) mass is 168 g/mol. The van der Waals surface area contributed by atoms with Crippen LogP contribution < -0.4 is 0 Å². The number of aliphatic hydroxyl groups is 1. The first kappa shape index (κ1) is 8.55. The molecule has 0 radical (unpaired) electrons. The second-order valence-corrected chi connectivity index (χ2v) is 4.99. The van der Waals surface area contributed by atoms with Crippen LogP contribution in [-0.4, -0.2) is 11.7 Å². The third-order valence-corrected chi connectivity index (χ3v) is 4.28. The van der Waals surface area contributed by atoms with Crippen molar-refractivity contribution < 1.29 is 5.11 Å². The van der Waals surface area contributed by atoms with Crippen LogP contribution in [0.3, 0.4) is 0 Å². The van der Waals surface area contributed by atoms with Crippen molar-refractivity contribution in [1.29, 1.82) is 0 Å². The Bertz CT molecular complexity index is 166. The number of hydrogen-bond donors (Lipinski definition) is 1. The summed E-state index contributed by atoms with van der Waals surface area (Å²) in [6.07, 6.45) is 8.22. The second-order valence-electron chi connectivity index (χ2n) is 4.99. The lowest BCUT2D eigenvalue weighted by Gasteiger charge is -2.41. The van der Waals surface area contributed by atoms with Crippen LogP contribution >= 0.6 is 0 Å². The lowest BCUT2D eigenvalue weighted by molar-refractivity contribution is 0.0496. The average Bonchev–Trinajstić information content (AvgIpc) is 2.45. The number of rotatable bonds is 1. The summed E-state index contributed by atoms with van der Waals surface area (Å²) >= 11 is 0. The van der Waals surface area contributed by atoms with E-state index in [9.17, 15) is 5.11 Å². The van der Waals surface area contributed by atoms with Crippen LogP contribution in [0, 0.1) is 17.3 Å². The van der Waals surface area contributed by atoms with Gasteiger partial charge in [0.05, 0.1) is 0 Å². The van der Waals surface area contributed by atoms with E-state index in [0.29, 0.717) is 17.9 Å². The average molecular weight is 168 g/mol. The highest BCUT2D eigenvalue weighted by Crippen LogP contribution is 2.54. The number of hydrogen-bond acceptors (Lipinski definition) is 1. The first-order valence-corrected chi connectivity index (χ1v) is 5.37. The molecule has 0 saturated heterocycles. The molecule has 2 fully saturated rings. The molecule has 12 heavy (non-hydrogen) atoms. The van der Waals surface area contributed by atoms with Gasteiger partial charge in [0.2, 0.25) is 0 Å². The van der Waals surface area contributed by atoms with Crippen molar-refractivity contribution in [3.05, 3.63) is 0 Å². The maximum absolute atomic E-state index is 9.25. The second kappa shape index (κ2) is 3.02. The van der Waals surface area contributed by atoms with E-state index in [1.54, 1.807) is 0 Å². The molecule has 0 amide bonds. The molecule has 2 aliphatic rings. The lowest BCUT2D eigenvalue weighted by atomic mass is 9.65. The molecule has 3 atom stereocenters. The molecule has 3 unspecified atom stereocenters. The van der Waals surface area contributed by atoms with Crippen LogP contribution in [0.1, 0.15) is 45.4 Å². The molecule has 2 rings (SSSR count). The van der Waals surface area contributed by atoms with E-state index in [-0.39, 0.29) is 0 Å². The molecule has 0 aromatic carbocycles. The molecule has 2 saturated carbocycles. The molecule has 0 spiro atoms. The number of fused-ring (bicyclic) bond motifs is 1. The highest BCUT2D eigenvalue weighted by Gasteiger charge is 2.44. The summed E-state index contributed by atoms with van der Waals surface area (Å²) in [5.74, 6) is 1.47. The van der Waals surface area contributed by atoms with Crippen molar-refractivity contribution in [3.8, 4) is 0 Å². The predicted molar refractivity (Wildman–Crippen MR) is 49.9 cm³/mol. The minimum atomic E-state index is 0.431. The van der Waals surface area contributed by atoms with Gasteiger partial charge in [-0.05, 0) is 42.9 Å². The quantitative estimate of drug-likeness (QED) is 0.638. The van der Waals surface area contributed by atoms with E-state index >= 15 is 0 Å². The van der Waals surface area contributed by atoms with Crippen molar-refractivity contribution in [2.45, 2.75) is 45.4 Å². The van der Waals surface area contributed by atoms with Crippen LogP contribution in [-0.2, 0) is 0 Å². The van der Waals surface area contributed by atoms with E-state index in [0.717, 1.165) is 5.92 Å². The van der Waals surface area contributed by atoms with Crippen LogP contribution in [0.4, 0.5) is 0 Å². The Morgan fingerprint density at radius 1 is 1.25 bits per heavy atom. The fourth-order valence-electron chi connectivity index (χ4n) is 3.56. The highest BCUT2D eigenvalue weighted by atomic mass is 16.3. The van der Waals surface area contributed by atoms with Gasteiger partial charge in [-0.15, -0.1) is 0 Å². The van der Waals surface area contributed by atoms with E-state index in [1.165, 1.54) is 38.5 Å². The standard InChI is InChI=1S/C11H20O/c1-11-6-2-4-9(8-12)10(11)5-3-7-11/h9-10,12H,2-8H2,1H3. The van der Waals surface area contributed by atoms with Crippen molar-refractivity contribution in [2.75, 3.05) is 6.61 Å². The first-order valence-electron chi connectivity index (χ1n) is 5.37. The summed E-state index contributed by atoms with van der Waals surface area (Å²) in [6, 6.07) is 0. The maximum atomic E-state index is 9.25. The Morgan fingerprint density at radius 3 is 2.58 bits per heavy atom. The fraction of sp³-hybridized carbons (Fsp3) is 1.00. The van der Waals surface area contributed by atoms with Crippen LogP contribution in [0.2, 0.25) is 0 Å². The minimum Gasteiger partial charge on any atom is -0.396 e. The van der Waals surface area contributed by atoms with Crippen molar-refractivity contribution >= 4 is 0 Å². The molecule has 1 heteroatoms. The summed E-state index contributed by atoms with van der Waals surface area (Å²) in [7, 11) is 0. The maximum Gasteiger partial charge on any atom is 0.0462 e. The van der Waals surface area contributed by atoms with E-state index in [4.69, 9.17) is 0 Å². The van der Waals surface area contributed by atoms with E-state index in [1.807, 2.05) is 0 Å². The zero-order chi connectivity index (χ0) is 8.60. The van der Waals surface area contributed by atoms with Crippen molar-refractivity contribution in [3.63, 3.8) is 0 Å². The van der Waals surface area contributed by atoms with Gasteiger partial charge in [-0.3, -0.25) is 0 Å². The van der Waals surface area contributed by atoms with Gasteiger partial charge in [0.1, 0.15) is 0 Å². The van der Waals surface area contributed by atoms with Gasteiger partial charge in [-0.1, -0.05) is 19.8 Å². The van der Waals surface area contributed by atoms with Gasteiger partial charge in [-0.25, -0.2) is 0 Å². The third kappa shape index (κ3) is 1.19. The molecule has 0 heterocycles. The fourth-order valence-corrected chi connectivity index (χ4v) is 3.56. The molecule has 0 aromatic rings. The zero-order valence-electron chi connectivity index (χ0n) is 8.05. The summed E-state index contributed by atoms with van der Waals surface area (Å²) < 4.78 is 0. The molecule has 0 aromatic heterocycles. The third-order valence-electron chi connectivity index (χ3n) is 4.28. The Labute approximate surface area is 75.2 Å². The van der Waals surface area contributed by atoms with Crippen LogP contribution in [0.5, 0.6) is 0 Å². The van der Waals surface area contributed by atoms with Gasteiger partial charge < -0.3 is 5.11 Å². The Kier molecular flexibility index (Phi) is 2.16. The molecular weight excluding hydrogens is 148 g/mol. The smallest absolute Gasteiger partial charge is 0.0462 e. The summed E-state index contributed by atoms with van der Waals surface area (Å²) in [4.78, 5) is 0. The van der Waals surface area contributed by atoms with E-state index in [2.05, 4.69) is 6.92 Å². The summed E-state index contributed by atoms with van der Waals surface area (Å²) in [5.41, 5.74) is 0.603. The molecule has 0 bridgehead atoms. The minimum absolute atomic E-state index is 0.431. The summed E-state index contributed by atoms with van der Waals surface area (Å²) in [6.45, 7) is 2.87. The molecular formula is C11H20O. The van der Waals surface area contributed by atoms with Crippen molar-refractivity contribution in [2.24, 2.45) is 17.3 Å². The Balaban J connectivity index is 2.12. The molecule has 1 N–H and O–H groups in total. The van der Waals surface area contributed by atoms with Gasteiger partial charge in [0.15, 0.2) is 0 Å².